The molecule has 18 heavy (non-hydrogen) atoms. The van der Waals surface area contributed by atoms with Gasteiger partial charge in [0.25, 0.3) is 15.7 Å². The number of hydrogen-bond donors (Lipinski definition) is 3. The molecule has 2 rings (SSSR count). The number of rotatable bonds is 1. The van der Waals surface area contributed by atoms with Crippen LogP contribution in [0.1, 0.15) is 30.2 Å². The Morgan fingerprint density at radius 3 is 2.56 bits per heavy atom. The molecule has 1 aliphatic rings. The van der Waals surface area contributed by atoms with Crippen molar-refractivity contribution >= 4 is 10.1 Å². The molecule has 3 N–H and O–H groups in total. The second-order valence-corrected chi connectivity index (χ2v) is 6.92. The first-order valence-electron chi connectivity index (χ1n) is 5.56. The largest absolute Gasteiger partial charge is 0.507 e. The summed E-state index contributed by atoms with van der Waals surface area (Å²) in [6.07, 6.45) is 0.497. The van der Waals surface area contributed by atoms with E-state index in [0.29, 0.717) is 17.7 Å². The van der Waals surface area contributed by atoms with Gasteiger partial charge in [0.1, 0.15) is 5.75 Å². The summed E-state index contributed by atoms with van der Waals surface area (Å²) in [6.45, 7) is 2.90. The first-order chi connectivity index (χ1) is 8.16. The van der Waals surface area contributed by atoms with Gasteiger partial charge in [0.2, 0.25) is 0 Å². The van der Waals surface area contributed by atoms with E-state index in [4.69, 9.17) is 0 Å². The highest BCUT2D eigenvalue weighted by atomic mass is 32.2. The average Bonchev–Trinajstić information content (AvgIpc) is 2.26. The summed E-state index contributed by atoms with van der Waals surface area (Å²) in [5.74, 6) is -0.177. The molecule has 0 saturated heterocycles. The van der Waals surface area contributed by atoms with Crippen molar-refractivity contribution in [1.82, 2.24) is 4.98 Å². The molecule has 7 heteroatoms. The molecule has 1 atom stereocenters. The Bertz CT molecular complexity index is 661. The maximum atomic E-state index is 11.5. The van der Waals surface area contributed by atoms with Crippen LogP contribution in [-0.4, -0.2) is 27.8 Å². The molecule has 1 heterocycles. The van der Waals surface area contributed by atoms with Gasteiger partial charge in [-0.1, -0.05) is 0 Å². The zero-order valence-electron chi connectivity index (χ0n) is 10.1. The van der Waals surface area contributed by atoms with E-state index in [1.807, 2.05) is 0 Å². The second-order valence-electron chi connectivity index (χ2n) is 4.99. The average molecular weight is 273 g/mol. The molecule has 0 amide bonds. The van der Waals surface area contributed by atoms with E-state index in [-0.39, 0.29) is 29.7 Å². The van der Waals surface area contributed by atoms with Crippen molar-refractivity contribution in [3.05, 3.63) is 27.2 Å². The number of aromatic hydroxyl groups is 1. The summed E-state index contributed by atoms with van der Waals surface area (Å²) < 4.78 is 30.7. The fraction of sp³-hybridized carbons (Fsp3) is 0.545. The van der Waals surface area contributed by atoms with E-state index in [1.54, 1.807) is 0 Å². The van der Waals surface area contributed by atoms with Crippen molar-refractivity contribution in [1.29, 1.82) is 0 Å². The molecule has 100 valence electrons. The van der Waals surface area contributed by atoms with E-state index < -0.39 is 14.9 Å². The molecule has 1 aromatic heterocycles. The summed E-state index contributed by atoms with van der Waals surface area (Å²) in [5.41, 5.74) is 0.734. The summed E-state index contributed by atoms with van der Waals surface area (Å²) in [4.78, 5) is 14.1. The topological polar surface area (TPSA) is 107 Å². The Morgan fingerprint density at radius 2 is 2.00 bits per heavy atom. The Labute approximate surface area is 104 Å². The number of aromatic nitrogens is 1. The number of aromatic amines is 1. The lowest BCUT2D eigenvalue weighted by Gasteiger charge is -2.32. The maximum absolute atomic E-state index is 11.5. The van der Waals surface area contributed by atoms with E-state index in [0.717, 1.165) is 0 Å². The summed E-state index contributed by atoms with van der Waals surface area (Å²) in [5, 5.41) is 9.93. The molecule has 0 bridgehead atoms. The molecule has 0 radical (unpaired) electrons. The number of fused-ring (bicyclic) bond motifs is 1. The number of nitrogens with one attached hydrogen (secondary N) is 1. The molecule has 1 unspecified atom stereocenters. The first-order valence-corrected chi connectivity index (χ1v) is 7.00. The summed E-state index contributed by atoms with van der Waals surface area (Å²) in [6, 6.07) is 0. The van der Waals surface area contributed by atoms with Gasteiger partial charge < -0.3 is 10.1 Å². The number of H-pyrrole nitrogens is 1. The third kappa shape index (κ3) is 1.83. The molecule has 6 nitrogen and oxygen atoms in total. The number of hydrogen-bond acceptors (Lipinski definition) is 4. The highest BCUT2D eigenvalue weighted by molar-refractivity contribution is 7.87. The zero-order chi connectivity index (χ0) is 13.7. The van der Waals surface area contributed by atoms with Crippen LogP contribution in [0.2, 0.25) is 0 Å². The number of aryl methyl sites for hydroxylation is 1. The smallest absolute Gasteiger partial charge is 0.270 e. The quantitative estimate of drug-likeness (QED) is 0.647. The van der Waals surface area contributed by atoms with Crippen molar-refractivity contribution in [2.24, 2.45) is 0 Å². The monoisotopic (exact) mass is 273 g/mol. The molecule has 0 spiro atoms. The highest BCUT2D eigenvalue weighted by Gasteiger charge is 2.42. The van der Waals surface area contributed by atoms with Crippen LogP contribution in [0.3, 0.4) is 0 Å². The summed E-state index contributed by atoms with van der Waals surface area (Å²) in [7, 11) is -4.21. The van der Waals surface area contributed by atoms with Crippen LogP contribution in [0.25, 0.3) is 0 Å². The predicted molar refractivity (Wildman–Crippen MR) is 65.4 cm³/mol. The van der Waals surface area contributed by atoms with E-state index >= 15 is 0 Å². The van der Waals surface area contributed by atoms with Crippen molar-refractivity contribution < 1.29 is 18.1 Å². The molecular formula is C11H15NO5S. The van der Waals surface area contributed by atoms with Crippen LogP contribution < -0.4 is 5.56 Å². The van der Waals surface area contributed by atoms with Crippen LogP contribution in [0, 0.1) is 6.92 Å². The highest BCUT2D eigenvalue weighted by Crippen LogP contribution is 2.37. The minimum Gasteiger partial charge on any atom is -0.507 e. The SMILES string of the molecule is Cc1c(O)c2c([nH]c1=O)CCC(C)(S(=O)(=O)O)C2. The lowest BCUT2D eigenvalue weighted by molar-refractivity contribution is 0.395. The lowest BCUT2D eigenvalue weighted by atomic mass is 9.86. The van der Waals surface area contributed by atoms with E-state index in [1.165, 1.54) is 13.8 Å². The van der Waals surface area contributed by atoms with Gasteiger partial charge in [-0.25, -0.2) is 0 Å². The molecule has 0 aliphatic heterocycles. The van der Waals surface area contributed by atoms with Gasteiger partial charge in [0.05, 0.1) is 10.3 Å². The fourth-order valence-corrected chi connectivity index (χ4v) is 2.95. The van der Waals surface area contributed by atoms with Crippen LogP contribution in [-0.2, 0) is 23.0 Å². The molecular weight excluding hydrogens is 258 g/mol. The molecule has 1 aliphatic carbocycles. The number of pyridine rings is 1. The van der Waals surface area contributed by atoms with E-state index in [9.17, 15) is 22.9 Å². The van der Waals surface area contributed by atoms with Gasteiger partial charge in [-0.15, -0.1) is 0 Å². The Hall–Kier alpha value is -1.34. The first kappa shape index (κ1) is 13.1. The van der Waals surface area contributed by atoms with Crippen molar-refractivity contribution in [2.75, 3.05) is 0 Å². The van der Waals surface area contributed by atoms with Gasteiger partial charge in [-0.05, 0) is 33.1 Å². The zero-order valence-corrected chi connectivity index (χ0v) is 11.0. The Balaban J connectivity index is 2.60. The van der Waals surface area contributed by atoms with Crippen LogP contribution in [0.4, 0.5) is 0 Å². The maximum Gasteiger partial charge on any atom is 0.270 e. The standard InChI is InChI=1S/C11H15NO5S/c1-6-9(13)7-5-11(2,18(15,16)17)4-3-8(7)12-10(6)14/h3-5H2,1-2H3,(H2,12,13,14)(H,15,16,17). The minimum absolute atomic E-state index is 0.00931. The van der Waals surface area contributed by atoms with Crippen LogP contribution in [0.5, 0.6) is 5.75 Å². The molecule has 0 saturated carbocycles. The predicted octanol–water partition coefficient (Wildman–Crippen LogP) is 0.524. The molecule has 0 fully saturated rings. The fourth-order valence-electron chi connectivity index (χ4n) is 2.26. The Kier molecular flexibility index (Phi) is 2.78. The van der Waals surface area contributed by atoms with Crippen LogP contribution in [0.15, 0.2) is 4.79 Å². The van der Waals surface area contributed by atoms with Crippen molar-refractivity contribution in [3.8, 4) is 5.75 Å². The third-order valence-electron chi connectivity index (χ3n) is 3.69. The lowest BCUT2D eigenvalue weighted by Crippen LogP contribution is -2.41. The Morgan fingerprint density at radius 1 is 1.39 bits per heavy atom. The minimum atomic E-state index is -4.21. The molecule has 1 aromatic rings. The summed E-state index contributed by atoms with van der Waals surface area (Å²) >= 11 is 0. The van der Waals surface area contributed by atoms with Crippen molar-refractivity contribution in [3.63, 3.8) is 0 Å². The van der Waals surface area contributed by atoms with E-state index in [2.05, 4.69) is 4.98 Å². The third-order valence-corrected chi connectivity index (χ3v) is 5.28. The van der Waals surface area contributed by atoms with Crippen LogP contribution >= 0.6 is 0 Å². The van der Waals surface area contributed by atoms with Gasteiger partial charge in [-0.2, -0.15) is 8.42 Å². The second kappa shape index (κ2) is 3.83. The normalized spacial score (nSPS) is 23.7. The van der Waals surface area contributed by atoms with Gasteiger partial charge in [-0.3, -0.25) is 9.35 Å². The van der Waals surface area contributed by atoms with Gasteiger partial charge in [0.15, 0.2) is 0 Å². The molecule has 0 aromatic carbocycles. The van der Waals surface area contributed by atoms with Crippen molar-refractivity contribution in [2.45, 2.75) is 37.9 Å². The van der Waals surface area contributed by atoms with Gasteiger partial charge >= 0.3 is 0 Å². The van der Waals surface area contributed by atoms with Gasteiger partial charge in [0, 0.05) is 11.3 Å².